The zero-order valence-electron chi connectivity index (χ0n) is 9.80. The van der Waals surface area contributed by atoms with Crippen LogP contribution < -0.4 is 0 Å². The molecule has 0 bridgehead atoms. The molecule has 92 valence electrons. The number of carbonyl (C=O) groups is 2. The number of aliphatic carboxylic acids is 1. The van der Waals surface area contributed by atoms with Crippen molar-refractivity contribution < 1.29 is 24.2 Å². The molecular weight excluding hydrogens is 212 g/mol. The van der Waals surface area contributed by atoms with Crippen molar-refractivity contribution in [2.45, 2.75) is 38.9 Å². The highest BCUT2D eigenvalue weighted by molar-refractivity contribution is 5.82. The van der Waals surface area contributed by atoms with Crippen LogP contribution in [-0.2, 0) is 19.1 Å². The van der Waals surface area contributed by atoms with Gasteiger partial charge in [-0.1, -0.05) is 13.8 Å². The van der Waals surface area contributed by atoms with Crippen LogP contribution >= 0.6 is 0 Å². The minimum atomic E-state index is -0.988. The summed E-state index contributed by atoms with van der Waals surface area (Å²) in [6.07, 6.45) is 0.450. The summed E-state index contributed by atoms with van der Waals surface area (Å²) in [5, 5.41) is 9.16. The Kier molecular flexibility index (Phi) is 4.29. The van der Waals surface area contributed by atoms with E-state index in [4.69, 9.17) is 9.84 Å². The van der Waals surface area contributed by atoms with Gasteiger partial charge in [-0.25, -0.2) is 0 Å². The summed E-state index contributed by atoms with van der Waals surface area (Å²) in [6.45, 7) is 3.73. The minimum Gasteiger partial charge on any atom is -0.481 e. The van der Waals surface area contributed by atoms with E-state index in [-0.39, 0.29) is 6.10 Å². The third-order valence-electron chi connectivity index (χ3n) is 3.10. The van der Waals surface area contributed by atoms with Crippen LogP contribution in [0.5, 0.6) is 0 Å². The van der Waals surface area contributed by atoms with Crippen LogP contribution in [0.25, 0.3) is 0 Å². The summed E-state index contributed by atoms with van der Waals surface area (Å²) in [6, 6.07) is 0. The quantitative estimate of drug-likeness (QED) is 0.731. The van der Waals surface area contributed by atoms with Gasteiger partial charge in [0.25, 0.3) is 0 Å². The Bertz CT molecular complexity index is 276. The third-order valence-corrected chi connectivity index (χ3v) is 3.10. The maximum atomic E-state index is 11.6. The van der Waals surface area contributed by atoms with Crippen molar-refractivity contribution in [2.24, 2.45) is 11.8 Å². The molecule has 4 atom stereocenters. The molecule has 1 aliphatic rings. The molecule has 5 nitrogen and oxygen atoms in total. The summed E-state index contributed by atoms with van der Waals surface area (Å²) in [4.78, 5) is 22.8. The van der Waals surface area contributed by atoms with Gasteiger partial charge < -0.3 is 14.6 Å². The fraction of sp³-hybridized carbons (Fsp3) is 0.818. The van der Waals surface area contributed by atoms with Crippen LogP contribution in [0.4, 0.5) is 0 Å². The first kappa shape index (κ1) is 13.0. The Morgan fingerprint density at radius 2 is 1.69 bits per heavy atom. The molecule has 0 aromatic carbocycles. The van der Waals surface area contributed by atoms with E-state index in [9.17, 15) is 9.59 Å². The molecule has 1 fully saturated rings. The molecule has 0 saturated carbocycles. The molecule has 16 heavy (non-hydrogen) atoms. The zero-order chi connectivity index (χ0) is 12.3. The maximum Gasteiger partial charge on any atom is 0.312 e. The van der Waals surface area contributed by atoms with Crippen LogP contribution in [0.3, 0.4) is 0 Å². The highest BCUT2D eigenvalue weighted by atomic mass is 16.5. The summed E-state index contributed by atoms with van der Waals surface area (Å²) in [5.41, 5.74) is 0. The van der Waals surface area contributed by atoms with Gasteiger partial charge in [-0.3, -0.25) is 9.59 Å². The molecule has 0 aromatic rings. The number of carboxylic acids is 1. The van der Waals surface area contributed by atoms with Crippen LogP contribution in [0.2, 0.25) is 0 Å². The SMILES string of the molecule is CCC1OC(CC)C(C(=O)OC)C1C(=O)O. The van der Waals surface area contributed by atoms with Crippen molar-refractivity contribution in [3.8, 4) is 0 Å². The summed E-state index contributed by atoms with van der Waals surface area (Å²) < 4.78 is 10.2. The normalized spacial score (nSPS) is 33.7. The predicted molar refractivity (Wildman–Crippen MR) is 55.9 cm³/mol. The summed E-state index contributed by atoms with van der Waals surface area (Å²) in [7, 11) is 1.27. The molecule has 0 aliphatic carbocycles. The molecule has 5 heteroatoms. The van der Waals surface area contributed by atoms with Gasteiger partial charge in [-0.2, -0.15) is 0 Å². The molecule has 4 unspecified atom stereocenters. The minimum absolute atomic E-state index is 0.349. The first-order valence-corrected chi connectivity index (χ1v) is 5.52. The lowest BCUT2D eigenvalue weighted by molar-refractivity contribution is -0.155. The predicted octanol–water partition coefficient (Wildman–Crippen LogP) is 1.06. The molecule has 1 aliphatic heterocycles. The molecule has 0 radical (unpaired) electrons. The fourth-order valence-electron chi connectivity index (χ4n) is 2.30. The molecule has 0 aromatic heterocycles. The maximum absolute atomic E-state index is 11.6. The first-order valence-electron chi connectivity index (χ1n) is 5.52. The fourth-order valence-corrected chi connectivity index (χ4v) is 2.30. The van der Waals surface area contributed by atoms with Gasteiger partial charge in [0.15, 0.2) is 0 Å². The number of rotatable bonds is 4. The zero-order valence-corrected chi connectivity index (χ0v) is 9.80. The lowest BCUT2D eigenvalue weighted by Gasteiger charge is -2.17. The number of hydrogen-bond donors (Lipinski definition) is 1. The van der Waals surface area contributed by atoms with Gasteiger partial charge in [-0.05, 0) is 12.8 Å². The Labute approximate surface area is 94.7 Å². The highest BCUT2D eigenvalue weighted by Gasteiger charge is 2.51. The van der Waals surface area contributed by atoms with Crippen molar-refractivity contribution in [1.29, 1.82) is 0 Å². The third kappa shape index (κ3) is 2.19. The number of carbonyl (C=O) groups excluding carboxylic acids is 1. The van der Waals surface area contributed by atoms with Crippen molar-refractivity contribution in [2.75, 3.05) is 7.11 Å². The van der Waals surface area contributed by atoms with Gasteiger partial charge in [0.1, 0.15) is 0 Å². The second kappa shape index (κ2) is 5.30. The number of methoxy groups -OCH3 is 1. The number of esters is 1. The van der Waals surface area contributed by atoms with Gasteiger partial charge in [0.05, 0.1) is 31.2 Å². The molecule has 1 N–H and O–H groups in total. The van der Waals surface area contributed by atoms with Crippen molar-refractivity contribution >= 4 is 11.9 Å². The lowest BCUT2D eigenvalue weighted by atomic mass is 9.85. The van der Waals surface area contributed by atoms with E-state index < -0.39 is 29.9 Å². The van der Waals surface area contributed by atoms with E-state index in [0.717, 1.165) is 0 Å². The summed E-state index contributed by atoms with van der Waals surface area (Å²) in [5.74, 6) is -2.95. The Morgan fingerprint density at radius 3 is 2.06 bits per heavy atom. The standard InChI is InChI=1S/C11H18O5/c1-4-6-8(10(12)13)9(11(14)15-3)7(5-2)16-6/h6-9H,4-5H2,1-3H3,(H,12,13). The van der Waals surface area contributed by atoms with Crippen molar-refractivity contribution in [3.05, 3.63) is 0 Å². The van der Waals surface area contributed by atoms with E-state index in [0.29, 0.717) is 12.8 Å². The topological polar surface area (TPSA) is 72.8 Å². The van der Waals surface area contributed by atoms with Gasteiger partial charge >= 0.3 is 11.9 Å². The average molecular weight is 230 g/mol. The molecule has 1 heterocycles. The second-order valence-corrected chi connectivity index (χ2v) is 3.94. The van der Waals surface area contributed by atoms with Crippen LogP contribution in [-0.4, -0.2) is 36.4 Å². The second-order valence-electron chi connectivity index (χ2n) is 3.94. The van der Waals surface area contributed by atoms with E-state index >= 15 is 0 Å². The Hall–Kier alpha value is -1.10. The molecular formula is C11H18O5. The van der Waals surface area contributed by atoms with Crippen molar-refractivity contribution in [3.63, 3.8) is 0 Å². The van der Waals surface area contributed by atoms with Crippen LogP contribution in [0.15, 0.2) is 0 Å². The molecule has 0 amide bonds. The van der Waals surface area contributed by atoms with Crippen molar-refractivity contribution in [1.82, 2.24) is 0 Å². The lowest BCUT2D eigenvalue weighted by Crippen LogP contribution is -2.35. The first-order chi connectivity index (χ1) is 7.56. The van der Waals surface area contributed by atoms with Gasteiger partial charge in [0.2, 0.25) is 0 Å². The molecule has 0 spiro atoms. The van der Waals surface area contributed by atoms with E-state index in [1.165, 1.54) is 7.11 Å². The van der Waals surface area contributed by atoms with E-state index in [1.54, 1.807) is 0 Å². The Balaban J connectivity index is 2.96. The van der Waals surface area contributed by atoms with Gasteiger partial charge in [-0.15, -0.1) is 0 Å². The van der Waals surface area contributed by atoms with Crippen LogP contribution in [0.1, 0.15) is 26.7 Å². The largest absolute Gasteiger partial charge is 0.481 e. The van der Waals surface area contributed by atoms with E-state index in [2.05, 4.69) is 4.74 Å². The molecule has 1 saturated heterocycles. The van der Waals surface area contributed by atoms with Crippen LogP contribution in [0, 0.1) is 11.8 Å². The number of hydrogen-bond acceptors (Lipinski definition) is 4. The summed E-state index contributed by atoms with van der Waals surface area (Å²) >= 11 is 0. The highest BCUT2D eigenvalue weighted by Crippen LogP contribution is 2.36. The van der Waals surface area contributed by atoms with E-state index in [1.807, 2.05) is 13.8 Å². The average Bonchev–Trinajstić information content (AvgIpc) is 2.66. The molecule has 1 rings (SSSR count). The number of ether oxygens (including phenoxy) is 2. The monoisotopic (exact) mass is 230 g/mol. The number of carboxylic acid groups (broad SMARTS) is 1. The van der Waals surface area contributed by atoms with Gasteiger partial charge in [0, 0.05) is 0 Å². The smallest absolute Gasteiger partial charge is 0.312 e. The Morgan fingerprint density at radius 1 is 1.19 bits per heavy atom.